The van der Waals surface area contributed by atoms with Crippen LogP contribution in [0.1, 0.15) is 51.9 Å². The van der Waals surface area contributed by atoms with E-state index in [0.717, 1.165) is 12.8 Å². The van der Waals surface area contributed by atoms with Crippen molar-refractivity contribution in [3.05, 3.63) is 0 Å². The molecule has 1 unspecified atom stereocenters. The second-order valence-corrected chi connectivity index (χ2v) is 5.74. The number of nitrogens with one attached hydrogen (secondary N) is 1. The Kier molecular flexibility index (Phi) is 4.45. The Morgan fingerprint density at radius 1 is 1.37 bits per heavy atom. The van der Waals surface area contributed by atoms with Crippen molar-refractivity contribution in [3.8, 4) is 0 Å². The molecule has 2 rings (SSSR count). The molecule has 0 aliphatic heterocycles. The van der Waals surface area contributed by atoms with Gasteiger partial charge in [0, 0.05) is 6.54 Å². The van der Waals surface area contributed by atoms with Crippen LogP contribution < -0.4 is 5.32 Å². The molecule has 108 valence electrons. The van der Waals surface area contributed by atoms with Crippen LogP contribution in [0.3, 0.4) is 0 Å². The zero-order valence-electron chi connectivity index (χ0n) is 11.5. The molecule has 0 heterocycles. The van der Waals surface area contributed by atoms with Gasteiger partial charge in [0.1, 0.15) is 6.10 Å². The Bertz CT molecular complexity index is 345. The molecule has 19 heavy (non-hydrogen) atoms. The average molecular weight is 269 g/mol. The normalized spacial score (nSPS) is 23.0. The van der Waals surface area contributed by atoms with Gasteiger partial charge in [-0.25, -0.2) is 0 Å². The van der Waals surface area contributed by atoms with Gasteiger partial charge in [-0.2, -0.15) is 0 Å². The van der Waals surface area contributed by atoms with Crippen molar-refractivity contribution in [1.29, 1.82) is 0 Å². The van der Waals surface area contributed by atoms with Crippen LogP contribution in [0.15, 0.2) is 0 Å². The number of carboxylic acid groups (broad SMARTS) is 1. The Labute approximate surface area is 113 Å². The van der Waals surface area contributed by atoms with Gasteiger partial charge in [0.25, 0.3) is 0 Å². The third-order valence-electron chi connectivity index (χ3n) is 4.23. The molecule has 2 aliphatic rings. The van der Waals surface area contributed by atoms with Gasteiger partial charge < -0.3 is 15.2 Å². The van der Waals surface area contributed by atoms with Gasteiger partial charge in [0.2, 0.25) is 5.91 Å². The standard InChI is InChI=1S/C14H23NO4/c1-2-11(19-10-5-3-4-6-10)12(16)15-9-14(7-8-14)13(17)18/h10-11H,2-9H2,1H3,(H,15,16)(H,17,18). The monoisotopic (exact) mass is 269 g/mol. The van der Waals surface area contributed by atoms with Crippen molar-refractivity contribution in [2.75, 3.05) is 6.54 Å². The molecule has 1 amide bonds. The molecule has 0 bridgehead atoms. The number of carboxylic acids is 1. The molecule has 0 saturated heterocycles. The van der Waals surface area contributed by atoms with E-state index in [9.17, 15) is 9.59 Å². The molecule has 2 N–H and O–H groups in total. The number of carbonyl (C=O) groups is 2. The Balaban J connectivity index is 1.78. The maximum atomic E-state index is 12.0. The van der Waals surface area contributed by atoms with Crippen molar-refractivity contribution >= 4 is 11.9 Å². The summed E-state index contributed by atoms with van der Waals surface area (Å²) in [6.45, 7) is 2.15. The first-order chi connectivity index (χ1) is 9.07. The van der Waals surface area contributed by atoms with Crippen LogP contribution in [0.4, 0.5) is 0 Å². The summed E-state index contributed by atoms with van der Waals surface area (Å²) in [6, 6.07) is 0. The van der Waals surface area contributed by atoms with Gasteiger partial charge in [-0.15, -0.1) is 0 Å². The second-order valence-electron chi connectivity index (χ2n) is 5.74. The lowest BCUT2D eigenvalue weighted by Crippen LogP contribution is -2.42. The highest BCUT2D eigenvalue weighted by molar-refractivity contribution is 5.83. The van der Waals surface area contributed by atoms with Gasteiger partial charge in [0.15, 0.2) is 0 Å². The summed E-state index contributed by atoms with van der Waals surface area (Å²) in [5.74, 6) is -0.973. The summed E-state index contributed by atoms with van der Waals surface area (Å²) in [6.07, 6.45) is 6.10. The first-order valence-corrected chi connectivity index (χ1v) is 7.24. The highest BCUT2D eigenvalue weighted by Crippen LogP contribution is 2.45. The van der Waals surface area contributed by atoms with Crippen LogP contribution in [0.5, 0.6) is 0 Å². The fourth-order valence-corrected chi connectivity index (χ4v) is 2.59. The number of ether oxygens (including phenoxy) is 1. The molecule has 0 aromatic heterocycles. The van der Waals surface area contributed by atoms with Gasteiger partial charge >= 0.3 is 5.97 Å². The smallest absolute Gasteiger partial charge is 0.311 e. The minimum Gasteiger partial charge on any atom is -0.481 e. The fourth-order valence-electron chi connectivity index (χ4n) is 2.59. The average Bonchev–Trinajstić information content (AvgIpc) is 3.02. The Morgan fingerprint density at radius 2 is 2.00 bits per heavy atom. The molecule has 2 fully saturated rings. The van der Waals surface area contributed by atoms with Crippen LogP contribution in [0, 0.1) is 5.41 Å². The number of hydrogen-bond donors (Lipinski definition) is 2. The van der Waals surface area contributed by atoms with Gasteiger partial charge in [-0.3, -0.25) is 9.59 Å². The van der Waals surface area contributed by atoms with E-state index in [1.165, 1.54) is 12.8 Å². The van der Waals surface area contributed by atoms with E-state index in [0.29, 0.717) is 19.3 Å². The summed E-state index contributed by atoms with van der Waals surface area (Å²) in [5.41, 5.74) is -0.707. The van der Waals surface area contributed by atoms with Crippen LogP contribution in [0.25, 0.3) is 0 Å². The van der Waals surface area contributed by atoms with E-state index < -0.39 is 17.5 Å². The lowest BCUT2D eigenvalue weighted by Gasteiger charge is -2.21. The zero-order valence-corrected chi connectivity index (χ0v) is 11.5. The first kappa shape index (κ1) is 14.3. The van der Waals surface area contributed by atoms with Gasteiger partial charge in [-0.05, 0) is 32.1 Å². The molecule has 5 nitrogen and oxygen atoms in total. The third kappa shape index (κ3) is 3.47. The highest BCUT2D eigenvalue weighted by atomic mass is 16.5. The van der Waals surface area contributed by atoms with Crippen LogP contribution in [-0.4, -0.2) is 35.7 Å². The highest BCUT2D eigenvalue weighted by Gasteiger charge is 2.50. The fraction of sp³-hybridized carbons (Fsp3) is 0.857. The Morgan fingerprint density at radius 3 is 2.47 bits per heavy atom. The summed E-state index contributed by atoms with van der Waals surface area (Å²) in [4.78, 5) is 23.1. The van der Waals surface area contributed by atoms with E-state index in [-0.39, 0.29) is 18.6 Å². The van der Waals surface area contributed by atoms with Gasteiger partial charge in [-0.1, -0.05) is 19.8 Å². The largest absolute Gasteiger partial charge is 0.481 e. The summed E-state index contributed by atoms with van der Waals surface area (Å²) < 4.78 is 5.81. The van der Waals surface area contributed by atoms with Crippen LogP contribution in [0.2, 0.25) is 0 Å². The van der Waals surface area contributed by atoms with Crippen LogP contribution >= 0.6 is 0 Å². The minimum absolute atomic E-state index is 0.165. The first-order valence-electron chi connectivity index (χ1n) is 7.24. The van der Waals surface area contributed by atoms with Gasteiger partial charge in [0.05, 0.1) is 11.5 Å². The maximum absolute atomic E-state index is 12.0. The molecule has 2 saturated carbocycles. The quantitative estimate of drug-likeness (QED) is 0.737. The molecule has 0 radical (unpaired) electrons. The van der Waals surface area contributed by atoms with E-state index in [1.807, 2.05) is 6.92 Å². The van der Waals surface area contributed by atoms with Crippen molar-refractivity contribution in [2.45, 2.75) is 64.1 Å². The predicted octanol–water partition coefficient (Wildman–Crippen LogP) is 1.71. The molecule has 0 spiro atoms. The molecule has 5 heteroatoms. The van der Waals surface area contributed by atoms with E-state index in [2.05, 4.69) is 5.32 Å². The van der Waals surface area contributed by atoms with Crippen molar-refractivity contribution in [1.82, 2.24) is 5.32 Å². The topological polar surface area (TPSA) is 75.6 Å². The number of hydrogen-bond acceptors (Lipinski definition) is 3. The lowest BCUT2D eigenvalue weighted by molar-refractivity contribution is -0.144. The third-order valence-corrected chi connectivity index (χ3v) is 4.23. The minimum atomic E-state index is -0.808. The lowest BCUT2D eigenvalue weighted by atomic mass is 10.1. The number of aliphatic carboxylic acids is 1. The van der Waals surface area contributed by atoms with Crippen molar-refractivity contribution in [2.24, 2.45) is 5.41 Å². The Hall–Kier alpha value is -1.10. The molecule has 0 aromatic rings. The molecule has 2 aliphatic carbocycles. The molecule has 1 atom stereocenters. The van der Waals surface area contributed by atoms with Crippen molar-refractivity contribution in [3.63, 3.8) is 0 Å². The number of rotatable bonds is 7. The van der Waals surface area contributed by atoms with Crippen LogP contribution in [-0.2, 0) is 14.3 Å². The predicted molar refractivity (Wildman–Crippen MR) is 69.7 cm³/mol. The molecular formula is C14H23NO4. The van der Waals surface area contributed by atoms with Crippen molar-refractivity contribution < 1.29 is 19.4 Å². The summed E-state index contributed by atoms with van der Waals surface area (Å²) >= 11 is 0. The SMILES string of the molecule is CCC(OC1CCCC1)C(=O)NCC1(C(=O)O)CC1. The van der Waals surface area contributed by atoms with E-state index in [4.69, 9.17) is 9.84 Å². The number of amides is 1. The summed E-state index contributed by atoms with van der Waals surface area (Å²) in [7, 11) is 0. The summed E-state index contributed by atoms with van der Waals surface area (Å²) in [5, 5.41) is 11.8. The van der Waals surface area contributed by atoms with E-state index in [1.54, 1.807) is 0 Å². The molecular weight excluding hydrogens is 246 g/mol. The number of carbonyl (C=O) groups excluding carboxylic acids is 1. The zero-order chi connectivity index (χ0) is 13.9. The molecule has 0 aromatic carbocycles. The maximum Gasteiger partial charge on any atom is 0.311 e. The second kappa shape index (κ2) is 5.90. The van der Waals surface area contributed by atoms with E-state index >= 15 is 0 Å².